The van der Waals surface area contributed by atoms with Gasteiger partial charge in [0.2, 0.25) is 0 Å². The van der Waals surface area contributed by atoms with Crippen molar-refractivity contribution < 1.29 is 0 Å². The topological polar surface area (TPSA) is 69.6 Å². The molecule has 72 valence electrons. The number of hydrogen-bond donors (Lipinski definition) is 1. The molecule has 2 N–H and O–H groups in total. The fourth-order valence-corrected chi connectivity index (χ4v) is 1.23. The third-order valence-electron chi connectivity index (χ3n) is 2.01. The van der Waals surface area contributed by atoms with Crippen LogP contribution in [0.1, 0.15) is 18.5 Å². The van der Waals surface area contributed by atoms with Crippen LogP contribution in [-0.2, 0) is 0 Å². The van der Waals surface area contributed by atoms with Gasteiger partial charge in [-0.25, -0.2) is 4.68 Å². The van der Waals surface area contributed by atoms with E-state index >= 15 is 0 Å². The Morgan fingerprint density at radius 3 is 2.93 bits per heavy atom. The minimum Gasteiger partial charge on any atom is -0.324 e. The van der Waals surface area contributed by atoms with Crippen molar-refractivity contribution >= 4 is 0 Å². The second-order valence-corrected chi connectivity index (χ2v) is 3.14. The first kappa shape index (κ1) is 8.83. The lowest BCUT2D eigenvalue weighted by atomic mass is 10.1. The van der Waals surface area contributed by atoms with E-state index in [0.29, 0.717) is 0 Å². The normalized spacial score (nSPS) is 12.7. The van der Waals surface area contributed by atoms with Crippen molar-refractivity contribution in [2.24, 2.45) is 5.73 Å². The minimum atomic E-state index is 0.0198. The Hall–Kier alpha value is -1.75. The first-order valence-corrected chi connectivity index (χ1v) is 4.36. The lowest BCUT2D eigenvalue weighted by molar-refractivity contribution is 0.778. The van der Waals surface area contributed by atoms with E-state index in [1.54, 1.807) is 11.0 Å². The molecule has 0 amide bonds. The molecule has 0 bridgehead atoms. The van der Waals surface area contributed by atoms with Gasteiger partial charge in [0.1, 0.15) is 6.33 Å². The number of aromatic nitrogens is 4. The van der Waals surface area contributed by atoms with E-state index in [4.69, 9.17) is 5.73 Å². The van der Waals surface area contributed by atoms with E-state index in [1.165, 1.54) is 0 Å². The maximum absolute atomic E-state index is 5.78. The fourth-order valence-electron chi connectivity index (χ4n) is 1.23. The van der Waals surface area contributed by atoms with Gasteiger partial charge in [-0.15, -0.1) is 5.10 Å². The van der Waals surface area contributed by atoms with Crippen LogP contribution in [0.3, 0.4) is 0 Å². The van der Waals surface area contributed by atoms with Crippen molar-refractivity contribution in [1.82, 2.24) is 20.2 Å². The van der Waals surface area contributed by atoms with E-state index in [9.17, 15) is 0 Å². The van der Waals surface area contributed by atoms with E-state index < -0.39 is 0 Å². The van der Waals surface area contributed by atoms with Gasteiger partial charge in [0, 0.05) is 6.04 Å². The highest BCUT2D eigenvalue weighted by atomic mass is 15.5. The quantitative estimate of drug-likeness (QED) is 0.754. The molecule has 5 nitrogen and oxygen atoms in total. The Balaban J connectivity index is 2.41. The second-order valence-electron chi connectivity index (χ2n) is 3.14. The van der Waals surface area contributed by atoms with Crippen LogP contribution in [0, 0.1) is 0 Å². The highest BCUT2D eigenvalue weighted by Crippen LogP contribution is 2.13. The smallest absolute Gasteiger partial charge is 0.143 e. The van der Waals surface area contributed by atoms with E-state index in [2.05, 4.69) is 15.5 Å². The van der Waals surface area contributed by atoms with Crippen molar-refractivity contribution in [1.29, 1.82) is 0 Å². The third-order valence-corrected chi connectivity index (χ3v) is 2.01. The van der Waals surface area contributed by atoms with Crippen LogP contribution in [0.4, 0.5) is 0 Å². The van der Waals surface area contributed by atoms with Crippen LogP contribution in [-0.4, -0.2) is 20.2 Å². The summed E-state index contributed by atoms with van der Waals surface area (Å²) < 4.78 is 1.60. The van der Waals surface area contributed by atoms with Crippen molar-refractivity contribution in [3.05, 3.63) is 36.2 Å². The molecule has 0 saturated carbocycles. The summed E-state index contributed by atoms with van der Waals surface area (Å²) in [6.07, 6.45) is 1.56. The van der Waals surface area contributed by atoms with Crippen LogP contribution in [0.2, 0.25) is 0 Å². The minimum absolute atomic E-state index is 0.0198. The van der Waals surface area contributed by atoms with Gasteiger partial charge >= 0.3 is 0 Å². The summed E-state index contributed by atoms with van der Waals surface area (Å²) in [6.45, 7) is 1.94. The Morgan fingerprint density at radius 2 is 2.29 bits per heavy atom. The molecule has 1 aromatic carbocycles. The molecule has 1 heterocycles. The Labute approximate surface area is 81.5 Å². The average molecular weight is 189 g/mol. The largest absolute Gasteiger partial charge is 0.324 e. The molecule has 1 atom stereocenters. The highest BCUT2D eigenvalue weighted by Gasteiger charge is 2.02. The monoisotopic (exact) mass is 189 g/mol. The van der Waals surface area contributed by atoms with Crippen LogP contribution in [0.15, 0.2) is 30.6 Å². The summed E-state index contributed by atoms with van der Waals surface area (Å²) in [7, 11) is 0. The zero-order chi connectivity index (χ0) is 9.97. The predicted molar refractivity (Wildman–Crippen MR) is 51.8 cm³/mol. The number of rotatable bonds is 2. The molecule has 0 spiro atoms. The lowest BCUT2D eigenvalue weighted by Gasteiger charge is -2.06. The Bertz CT molecular complexity index is 407. The number of nitrogens with two attached hydrogens (primary N) is 1. The Kier molecular flexibility index (Phi) is 2.24. The number of tetrazole rings is 1. The molecule has 0 aliphatic rings. The molecule has 5 heteroatoms. The highest BCUT2D eigenvalue weighted by molar-refractivity contribution is 5.35. The van der Waals surface area contributed by atoms with Crippen LogP contribution in [0.5, 0.6) is 0 Å². The molecule has 0 saturated heterocycles. The van der Waals surface area contributed by atoms with Gasteiger partial charge in [-0.3, -0.25) is 0 Å². The van der Waals surface area contributed by atoms with Crippen LogP contribution in [0.25, 0.3) is 5.69 Å². The molecule has 0 radical (unpaired) electrons. The fraction of sp³-hybridized carbons (Fsp3) is 0.222. The predicted octanol–water partition coefficient (Wildman–Crippen LogP) is 0.682. The van der Waals surface area contributed by atoms with Gasteiger partial charge in [0.05, 0.1) is 5.69 Å². The SMILES string of the molecule is CC(N)c1cccc(-n2cnnn2)c1. The molecule has 0 aliphatic carbocycles. The van der Waals surface area contributed by atoms with E-state index in [1.807, 2.05) is 31.2 Å². The van der Waals surface area contributed by atoms with Gasteiger partial charge in [0.15, 0.2) is 0 Å². The van der Waals surface area contributed by atoms with Gasteiger partial charge in [-0.1, -0.05) is 12.1 Å². The number of benzene rings is 1. The van der Waals surface area contributed by atoms with Gasteiger partial charge in [0.25, 0.3) is 0 Å². The molecular formula is C9H11N5. The molecule has 1 unspecified atom stereocenters. The summed E-state index contributed by atoms with van der Waals surface area (Å²) in [5, 5.41) is 11.0. The number of hydrogen-bond acceptors (Lipinski definition) is 4. The lowest BCUT2D eigenvalue weighted by Crippen LogP contribution is -2.06. The van der Waals surface area contributed by atoms with Crippen LogP contribution >= 0.6 is 0 Å². The van der Waals surface area contributed by atoms with Crippen molar-refractivity contribution in [3.63, 3.8) is 0 Å². The molecule has 14 heavy (non-hydrogen) atoms. The van der Waals surface area contributed by atoms with E-state index in [0.717, 1.165) is 11.3 Å². The first-order chi connectivity index (χ1) is 6.77. The van der Waals surface area contributed by atoms with Gasteiger partial charge in [-0.05, 0) is 35.0 Å². The van der Waals surface area contributed by atoms with Crippen molar-refractivity contribution in [3.8, 4) is 5.69 Å². The zero-order valence-electron chi connectivity index (χ0n) is 7.83. The Morgan fingerprint density at radius 1 is 1.43 bits per heavy atom. The van der Waals surface area contributed by atoms with Gasteiger partial charge < -0.3 is 5.73 Å². The molecule has 0 aliphatic heterocycles. The zero-order valence-corrected chi connectivity index (χ0v) is 7.83. The third kappa shape index (κ3) is 1.62. The molecule has 0 fully saturated rings. The van der Waals surface area contributed by atoms with Crippen molar-refractivity contribution in [2.75, 3.05) is 0 Å². The van der Waals surface area contributed by atoms with Gasteiger partial charge in [-0.2, -0.15) is 0 Å². The molecule has 1 aromatic heterocycles. The molecule has 2 aromatic rings. The molecule has 2 rings (SSSR count). The summed E-state index contributed by atoms with van der Waals surface area (Å²) in [4.78, 5) is 0. The summed E-state index contributed by atoms with van der Waals surface area (Å²) in [5.41, 5.74) is 7.76. The maximum atomic E-state index is 5.78. The average Bonchev–Trinajstić information content (AvgIpc) is 2.71. The van der Waals surface area contributed by atoms with Crippen LogP contribution < -0.4 is 5.73 Å². The first-order valence-electron chi connectivity index (χ1n) is 4.36. The standard InChI is InChI=1S/C9H11N5/c1-7(10)8-3-2-4-9(5-8)14-6-11-12-13-14/h2-7H,10H2,1H3. The summed E-state index contributed by atoms with van der Waals surface area (Å²) in [6, 6.07) is 7.85. The number of nitrogens with zero attached hydrogens (tertiary/aromatic N) is 4. The summed E-state index contributed by atoms with van der Waals surface area (Å²) >= 11 is 0. The maximum Gasteiger partial charge on any atom is 0.143 e. The van der Waals surface area contributed by atoms with E-state index in [-0.39, 0.29) is 6.04 Å². The second kappa shape index (κ2) is 3.55. The van der Waals surface area contributed by atoms with Crippen molar-refractivity contribution in [2.45, 2.75) is 13.0 Å². The molecular weight excluding hydrogens is 178 g/mol. The summed E-state index contributed by atoms with van der Waals surface area (Å²) in [5.74, 6) is 0.